The number of carbonyl (C=O) groups is 4. The molecule has 2 aromatic heterocycles. The van der Waals surface area contributed by atoms with Crippen LogP contribution in [0.5, 0.6) is 0 Å². The number of pyridine rings is 2. The van der Waals surface area contributed by atoms with Gasteiger partial charge in [-0.15, -0.1) is 0 Å². The van der Waals surface area contributed by atoms with Gasteiger partial charge in [0.25, 0.3) is 5.91 Å². The zero-order chi connectivity index (χ0) is 45.2. The smallest absolute Gasteiger partial charge is 0.321 e. The Bertz CT molecular complexity index is 2350. The van der Waals surface area contributed by atoms with E-state index in [4.69, 9.17) is 0 Å². The number of rotatable bonds is 20. The summed E-state index contributed by atoms with van der Waals surface area (Å²) in [6.07, 6.45) is 3.92. The molecule has 6 atom stereocenters. The first kappa shape index (κ1) is 45.6. The van der Waals surface area contributed by atoms with Gasteiger partial charge < -0.3 is 30.4 Å². The van der Waals surface area contributed by atoms with Gasteiger partial charge in [0.1, 0.15) is 12.1 Å². The number of para-hydroxylation sites is 1. The Kier molecular flexibility index (Phi) is 15.2. The molecule has 14 heteroatoms. The van der Waals surface area contributed by atoms with E-state index in [-0.39, 0.29) is 48.8 Å². The largest absolute Gasteiger partial charge is 0.390 e. The summed E-state index contributed by atoms with van der Waals surface area (Å²) in [5.74, 6) is -1.05. The van der Waals surface area contributed by atoms with Crippen LogP contribution in [0, 0.1) is 11.8 Å². The first-order chi connectivity index (χ1) is 31.0. The van der Waals surface area contributed by atoms with Crippen LogP contribution in [-0.2, 0) is 29.1 Å². The molecule has 6 amide bonds. The molecule has 0 spiro atoms. The van der Waals surface area contributed by atoms with Crippen LogP contribution in [0.2, 0.25) is 0 Å². The van der Waals surface area contributed by atoms with Gasteiger partial charge in [-0.25, -0.2) is 14.6 Å². The van der Waals surface area contributed by atoms with Crippen LogP contribution in [0.25, 0.3) is 22.2 Å². The van der Waals surface area contributed by atoms with E-state index in [0.29, 0.717) is 52.0 Å². The van der Waals surface area contributed by atoms with Gasteiger partial charge in [0.15, 0.2) is 0 Å². The van der Waals surface area contributed by atoms with E-state index in [1.807, 2.05) is 131 Å². The average Bonchev–Trinajstić information content (AvgIpc) is 3.90. The summed E-state index contributed by atoms with van der Waals surface area (Å²) < 4.78 is 0. The van der Waals surface area contributed by atoms with E-state index >= 15 is 0 Å². The lowest BCUT2D eigenvalue weighted by molar-refractivity contribution is -0.134. The van der Waals surface area contributed by atoms with E-state index in [0.717, 1.165) is 38.9 Å². The van der Waals surface area contributed by atoms with E-state index in [9.17, 15) is 24.3 Å². The second kappa shape index (κ2) is 21.3. The summed E-state index contributed by atoms with van der Waals surface area (Å²) in [6, 6.07) is 30.2. The lowest BCUT2D eigenvalue weighted by Gasteiger charge is -2.36. The molecule has 7 rings (SSSR count). The lowest BCUT2D eigenvalue weighted by atomic mass is 9.95. The second-order valence-electron chi connectivity index (χ2n) is 17.1. The number of amides is 6. The number of fused-ring (bicyclic) bond motifs is 1. The molecule has 2 saturated heterocycles. The van der Waals surface area contributed by atoms with Crippen molar-refractivity contribution in [2.24, 2.45) is 11.8 Å². The van der Waals surface area contributed by atoms with Gasteiger partial charge >= 0.3 is 12.1 Å². The monoisotopic (exact) mass is 867 g/mol. The van der Waals surface area contributed by atoms with Gasteiger partial charge in [0.05, 0.1) is 23.4 Å². The minimum Gasteiger partial charge on any atom is -0.390 e. The highest BCUT2D eigenvalue weighted by Gasteiger charge is 2.41. The molecule has 0 unspecified atom stereocenters. The predicted octanol–water partition coefficient (Wildman–Crippen LogP) is 6.01. The number of urea groups is 2. The molecule has 2 aliphatic heterocycles. The van der Waals surface area contributed by atoms with Crippen molar-refractivity contribution in [3.05, 3.63) is 132 Å². The number of aliphatic hydroxyl groups is 1. The van der Waals surface area contributed by atoms with E-state index in [1.165, 1.54) is 0 Å². The molecule has 2 aliphatic rings. The summed E-state index contributed by atoms with van der Waals surface area (Å²) in [5.41, 5.74) is 8.46. The highest BCUT2D eigenvalue weighted by molar-refractivity contribution is 5.89. The van der Waals surface area contributed by atoms with Crippen molar-refractivity contribution in [2.75, 3.05) is 32.7 Å². The Morgan fingerprint density at radius 2 is 1.47 bits per heavy atom. The highest BCUT2D eigenvalue weighted by atomic mass is 16.3. The molecule has 0 aliphatic carbocycles. The van der Waals surface area contributed by atoms with E-state index in [2.05, 4.69) is 26.0 Å². The van der Waals surface area contributed by atoms with Crippen LogP contribution >= 0.6 is 0 Å². The van der Waals surface area contributed by atoms with Crippen LogP contribution in [-0.4, -0.2) is 116 Å². The maximum Gasteiger partial charge on any atom is 0.321 e. The SMILES string of the molecule is CC[C@H](C)[C@@H](C(=O)NN(Cc1ccc(-c2ccccn2)cc1)C[C@@H](O)[C@H](Cc1ccccc1)NC(=O)[C@H]([C@@H](C)CC)N1CCN(Cc2ccnc3ccccc23)C1=O)N1CCNC1=O. The molecule has 3 aromatic carbocycles. The van der Waals surface area contributed by atoms with Gasteiger partial charge in [0.2, 0.25) is 5.91 Å². The normalized spacial score (nSPS) is 16.9. The van der Waals surface area contributed by atoms with Crippen molar-refractivity contribution in [3.63, 3.8) is 0 Å². The molecule has 14 nitrogen and oxygen atoms in total. The molecule has 0 radical (unpaired) electrons. The number of carbonyl (C=O) groups excluding carboxylic acids is 4. The fourth-order valence-corrected chi connectivity index (χ4v) is 8.80. The van der Waals surface area contributed by atoms with Crippen molar-refractivity contribution >= 4 is 34.8 Å². The molecule has 4 N–H and O–H groups in total. The zero-order valence-corrected chi connectivity index (χ0v) is 37.3. The topological polar surface area (TPSA) is 163 Å². The lowest BCUT2D eigenvalue weighted by Crippen LogP contribution is -2.59. The Hall–Kier alpha value is -6.38. The van der Waals surface area contributed by atoms with Crippen molar-refractivity contribution in [1.29, 1.82) is 0 Å². The van der Waals surface area contributed by atoms with Crippen molar-refractivity contribution in [1.82, 2.24) is 45.7 Å². The van der Waals surface area contributed by atoms with Crippen molar-refractivity contribution < 1.29 is 24.3 Å². The van der Waals surface area contributed by atoms with Crippen LogP contribution in [0.4, 0.5) is 9.59 Å². The van der Waals surface area contributed by atoms with Gasteiger partial charge in [-0.1, -0.05) is 119 Å². The zero-order valence-electron chi connectivity index (χ0n) is 37.3. The Labute approximate surface area is 376 Å². The third kappa shape index (κ3) is 10.9. The number of hydrogen-bond donors (Lipinski definition) is 4. The van der Waals surface area contributed by atoms with Crippen LogP contribution in [0.15, 0.2) is 116 Å². The number of hydrazine groups is 1. The van der Waals surface area contributed by atoms with Gasteiger partial charge in [-0.3, -0.25) is 25.0 Å². The fourth-order valence-electron chi connectivity index (χ4n) is 8.80. The Morgan fingerprint density at radius 3 is 2.16 bits per heavy atom. The second-order valence-corrected chi connectivity index (χ2v) is 17.1. The summed E-state index contributed by atoms with van der Waals surface area (Å²) >= 11 is 0. The van der Waals surface area contributed by atoms with Crippen molar-refractivity contribution in [3.8, 4) is 11.3 Å². The third-order valence-electron chi connectivity index (χ3n) is 12.7. The molecule has 64 heavy (non-hydrogen) atoms. The number of benzene rings is 3. The highest BCUT2D eigenvalue weighted by Crippen LogP contribution is 2.26. The molecular formula is C50H61N9O5. The summed E-state index contributed by atoms with van der Waals surface area (Å²) in [7, 11) is 0. The standard InChI is InChI=1S/C50H61N9O5/c1-5-34(3)45(59-29-28-56(50(59)64)32-39-23-25-52-42-18-11-10-16-40(39)42)47(61)54-43(30-36-14-8-7-9-15-36)44(60)33-57(31-37-19-21-38(22-20-37)41-17-12-13-24-51-41)55-48(62)46(35(4)6-2)58-27-26-53-49(58)63/h7-25,34-35,43-46,60H,5-6,26-33H2,1-4H3,(H,53,63)(H,54,61)(H,55,62)/t34-,35-,43-,44+,45-,46-/m0/s1. The average molecular weight is 868 g/mol. The van der Waals surface area contributed by atoms with Crippen LogP contribution in [0.3, 0.4) is 0 Å². The minimum absolute atomic E-state index is 0.0603. The first-order valence-corrected chi connectivity index (χ1v) is 22.5. The van der Waals surface area contributed by atoms with Gasteiger partial charge in [-0.05, 0) is 59.2 Å². The summed E-state index contributed by atoms with van der Waals surface area (Å²) in [6.45, 7) is 10.2. The fraction of sp³-hybridized carbons (Fsp3) is 0.400. The number of hydrogen-bond acceptors (Lipinski definition) is 8. The Morgan fingerprint density at radius 1 is 0.766 bits per heavy atom. The molecule has 0 saturated carbocycles. The van der Waals surface area contributed by atoms with Crippen LogP contribution in [0.1, 0.15) is 57.2 Å². The molecule has 5 aromatic rings. The first-order valence-electron chi connectivity index (χ1n) is 22.5. The Balaban J connectivity index is 1.14. The molecular weight excluding hydrogens is 807 g/mol. The molecule has 0 bridgehead atoms. The maximum atomic E-state index is 14.7. The summed E-state index contributed by atoms with van der Waals surface area (Å²) in [4.78, 5) is 70.2. The quantitative estimate of drug-likeness (QED) is 0.0692. The molecule has 2 fully saturated rings. The van der Waals surface area contributed by atoms with Crippen LogP contribution < -0.4 is 16.1 Å². The van der Waals surface area contributed by atoms with Gasteiger partial charge in [-0.2, -0.15) is 0 Å². The number of aromatic nitrogens is 2. The van der Waals surface area contributed by atoms with E-state index in [1.54, 1.807) is 32.1 Å². The minimum atomic E-state index is -1.18. The third-order valence-corrected chi connectivity index (χ3v) is 12.7. The molecule has 336 valence electrons. The summed E-state index contributed by atoms with van der Waals surface area (Å²) in [5, 5.41) is 21.0. The number of nitrogens with zero attached hydrogens (tertiary/aromatic N) is 6. The van der Waals surface area contributed by atoms with Gasteiger partial charge in [0, 0.05) is 69.2 Å². The number of aliphatic hydroxyl groups excluding tert-OH is 1. The van der Waals surface area contributed by atoms with Crippen molar-refractivity contribution in [2.45, 2.75) is 84.3 Å². The predicted molar refractivity (Wildman–Crippen MR) is 247 cm³/mol. The number of nitrogens with one attached hydrogen (secondary N) is 3. The maximum absolute atomic E-state index is 14.7. The van der Waals surface area contributed by atoms with E-state index < -0.39 is 24.2 Å². The molecule has 4 heterocycles.